The second kappa shape index (κ2) is 5.46. The average Bonchev–Trinajstić information content (AvgIpc) is 3.17. The largest absolute Gasteiger partial charge is 0.103 e. The molecule has 4 bridgehead atoms. The van der Waals surface area contributed by atoms with Gasteiger partial charge in [0.25, 0.3) is 0 Å². The van der Waals surface area contributed by atoms with Crippen molar-refractivity contribution in [2.75, 3.05) is 0 Å². The van der Waals surface area contributed by atoms with Gasteiger partial charge in [0.1, 0.15) is 0 Å². The van der Waals surface area contributed by atoms with E-state index in [9.17, 15) is 0 Å². The molecule has 0 aliphatic heterocycles. The van der Waals surface area contributed by atoms with E-state index in [0.717, 1.165) is 35.5 Å². The van der Waals surface area contributed by atoms with Gasteiger partial charge in [-0.25, -0.2) is 0 Å². The quantitative estimate of drug-likeness (QED) is 0.536. The first-order valence-corrected chi connectivity index (χ1v) is 8.48. The van der Waals surface area contributed by atoms with Crippen molar-refractivity contribution in [3.05, 3.63) is 24.3 Å². The summed E-state index contributed by atoms with van der Waals surface area (Å²) in [6.45, 7) is 8.49. The normalized spacial score (nSPS) is 48.4. The van der Waals surface area contributed by atoms with Gasteiger partial charge in [-0.15, -0.1) is 6.58 Å². The number of rotatable bonds is 1. The van der Waals surface area contributed by atoms with Crippen molar-refractivity contribution in [3.63, 3.8) is 0 Å². The number of fused-ring (bicyclic) bond motifs is 4. The molecule has 19 heavy (non-hydrogen) atoms. The molecule has 0 radical (unpaired) electrons. The van der Waals surface area contributed by atoms with E-state index < -0.39 is 0 Å². The van der Waals surface area contributed by atoms with Crippen LogP contribution in [0.3, 0.4) is 0 Å². The Morgan fingerprint density at radius 2 is 1.89 bits per heavy atom. The zero-order valence-electron chi connectivity index (χ0n) is 12.8. The Balaban J connectivity index is 0.000000117. The van der Waals surface area contributed by atoms with Crippen molar-refractivity contribution < 1.29 is 0 Å². The zero-order chi connectivity index (χ0) is 13.4. The van der Waals surface area contributed by atoms with Crippen molar-refractivity contribution in [2.24, 2.45) is 35.5 Å². The summed E-state index contributed by atoms with van der Waals surface area (Å²) in [6, 6.07) is 0. The fourth-order valence-corrected chi connectivity index (χ4v) is 5.48. The molecule has 0 saturated heterocycles. The smallest absolute Gasteiger partial charge is 0.0200 e. The maximum absolute atomic E-state index is 3.90. The van der Waals surface area contributed by atoms with E-state index in [-0.39, 0.29) is 0 Å². The van der Waals surface area contributed by atoms with Gasteiger partial charge in [-0.2, -0.15) is 0 Å². The predicted octanol–water partition coefficient (Wildman–Crippen LogP) is 5.61. The van der Waals surface area contributed by atoms with E-state index in [1.54, 1.807) is 5.57 Å². The maximum atomic E-state index is 3.90. The standard InChI is InChI=1S/C10H16.C9H14/c1-3-9-5-8-4-7(2)10(9)6-8;1-2-8-5-7-3-4-9(8)6-7/h3,7-10H,1,4-6H2,2H3;2,7,9H,3-6H2,1H3/b;8-2-. The second-order valence-corrected chi connectivity index (χ2v) is 7.56. The van der Waals surface area contributed by atoms with Gasteiger partial charge < -0.3 is 0 Å². The molecule has 4 aliphatic carbocycles. The molecule has 0 amide bonds. The van der Waals surface area contributed by atoms with Crippen LogP contribution >= 0.6 is 0 Å². The van der Waals surface area contributed by atoms with Crippen LogP contribution in [0.25, 0.3) is 0 Å². The van der Waals surface area contributed by atoms with Crippen molar-refractivity contribution in [1.82, 2.24) is 0 Å². The molecule has 106 valence electrons. The van der Waals surface area contributed by atoms with E-state index in [2.05, 4.69) is 32.6 Å². The third kappa shape index (κ3) is 2.56. The Morgan fingerprint density at radius 3 is 2.26 bits per heavy atom. The first kappa shape index (κ1) is 13.5. The number of hydrogen-bond donors (Lipinski definition) is 0. The molecular weight excluding hydrogens is 228 g/mol. The van der Waals surface area contributed by atoms with Crippen molar-refractivity contribution >= 4 is 0 Å². The monoisotopic (exact) mass is 258 g/mol. The lowest BCUT2D eigenvalue weighted by Crippen LogP contribution is -2.15. The minimum atomic E-state index is 0.869. The van der Waals surface area contributed by atoms with Crippen molar-refractivity contribution in [3.8, 4) is 0 Å². The average molecular weight is 258 g/mol. The minimum Gasteiger partial charge on any atom is -0.103 e. The van der Waals surface area contributed by atoms with Gasteiger partial charge in [0.2, 0.25) is 0 Å². The highest BCUT2D eigenvalue weighted by atomic mass is 14.5. The summed E-state index contributed by atoms with van der Waals surface area (Å²) in [5.74, 6) is 6.02. The Kier molecular flexibility index (Phi) is 3.87. The van der Waals surface area contributed by atoms with E-state index in [4.69, 9.17) is 0 Å². The van der Waals surface area contributed by atoms with Crippen LogP contribution in [0.4, 0.5) is 0 Å². The SMILES string of the molecule is C/C=C1/CC2CCC1C2.C=CC1CC2CC(C)C1C2. The molecule has 0 heteroatoms. The Bertz CT molecular complexity index is 364. The second-order valence-electron chi connectivity index (χ2n) is 7.56. The van der Waals surface area contributed by atoms with Crippen LogP contribution in [-0.2, 0) is 0 Å². The third-order valence-corrected chi connectivity index (χ3v) is 6.46. The molecule has 6 unspecified atom stereocenters. The summed E-state index contributed by atoms with van der Waals surface area (Å²) in [4.78, 5) is 0. The van der Waals surface area contributed by atoms with Crippen molar-refractivity contribution in [2.45, 2.75) is 58.8 Å². The van der Waals surface area contributed by atoms with Crippen LogP contribution in [0.5, 0.6) is 0 Å². The predicted molar refractivity (Wildman–Crippen MR) is 82.9 cm³/mol. The van der Waals surface area contributed by atoms with E-state index in [1.807, 2.05) is 0 Å². The van der Waals surface area contributed by atoms with Crippen molar-refractivity contribution in [1.29, 1.82) is 0 Å². The van der Waals surface area contributed by atoms with Crippen LogP contribution in [0, 0.1) is 35.5 Å². The molecule has 4 saturated carbocycles. The molecule has 0 nitrogen and oxygen atoms in total. The lowest BCUT2D eigenvalue weighted by Gasteiger charge is -2.23. The molecule has 4 aliphatic rings. The molecular formula is C19H30. The fourth-order valence-electron chi connectivity index (χ4n) is 5.48. The van der Waals surface area contributed by atoms with Gasteiger partial charge in [-0.3, -0.25) is 0 Å². The number of allylic oxidation sites excluding steroid dienone is 3. The molecule has 0 aromatic carbocycles. The van der Waals surface area contributed by atoms with Gasteiger partial charge in [-0.1, -0.05) is 24.6 Å². The van der Waals surface area contributed by atoms with Gasteiger partial charge in [-0.05, 0) is 87.4 Å². The highest BCUT2D eigenvalue weighted by Gasteiger charge is 2.42. The van der Waals surface area contributed by atoms with Crippen LogP contribution in [0.15, 0.2) is 24.3 Å². The Morgan fingerprint density at radius 1 is 1.05 bits per heavy atom. The van der Waals surface area contributed by atoms with Gasteiger partial charge in [0, 0.05) is 0 Å². The summed E-state index contributed by atoms with van der Waals surface area (Å²) in [6.07, 6.45) is 14.9. The molecule has 0 N–H and O–H groups in total. The lowest BCUT2D eigenvalue weighted by molar-refractivity contribution is 0.297. The summed E-state index contributed by atoms with van der Waals surface area (Å²) in [7, 11) is 0. The van der Waals surface area contributed by atoms with Gasteiger partial charge in [0.15, 0.2) is 0 Å². The number of hydrogen-bond acceptors (Lipinski definition) is 0. The summed E-state index contributed by atoms with van der Waals surface area (Å²) in [5, 5.41) is 0. The molecule has 4 rings (SSSR count). The van der Waals surface area contributed by atoms with E-state index >= 15 is 0 Å². The molecule has 6 atom stereocenters. The summed E-state index contributed by atoms with van der Waals surface area (Å²) < 4.78 is 0. The first-order chi connectivity index (χ1) is 9.21. The molecule has 0 heterocycles. The highest BCUT2D eigenvalue weighted by molar-refractivity contribution is 5.15. The third-order valence-electron chi connectivity index (χ3n) is 6.46. The highest BCUT2D eigenvalue weighted by Crippen LogP contribution is 2.51. The Hall–Kier alpha value is -0.520. The van der Waals surface area contributed by atoms with Crippen LogP contribution in [0.1, 0.15) is 58.8 Å². The zero-order valence-corrected chi connectivity index (χ0v) is 12.8. The maximum Gasteiger partial charge on any atom is -0.0200 e. The molecule has 4 fully saturated rings. The Labute approximate surface area is 119 Å². The summed E-state index contributed by atoms with van der Waals surface area (Å²) in [5.41, 5.74) is 1.76. The lowest BCUT2D eigenvalue weighted by atomic mass is 9.82. The topological polar surface area (TPSA) is 0 Å². The van der Waals surface area contributed by atoms with Gasteiger partial charge in [0.05, 0.1) is 0 Å². The van der Waals surface area contributed by atoms with Crippen LogP contribution in [0.2, 0.25) is 0 Å². The van der Waals surface area contributed by atoms with Crippen LogP contribution < -0.4 is 0 Å². The van der Waals surface area contributed by atoms with E-state index in [1.165, 1.54) is 44.9 Å². The van der Waals surface area contributed by atoms with E-state index in [0.29, 0.717) is 0 Å². The van der Waals surface area contributed by atoms with Crippen LogP contribution in [-0.4, -0.2) is 0 Å². The molecule has 0 aromatic rings. The first-order valence-electron chi connectivity index (χ1n) is 8.48. The summed E-state index contributed by atoms with van der Waals surface area (Å²) >= 11 is 0. The minimum absolute atomic E-state index is 0.869. The fraction of sp³-hybridized carbons (Fsp3) is 0.789. The molecule has 0 spiro atoms. The van der Waals surface area contributed by atoms with Gasteiger partial charge >= 0.3 is 0 Å². The molecule has 0 aromatic heterocycles.